The third-order valence-electron chi connectivity index (χ3n) is 4.40. The monoisotopic (exact) mass is 478 g/mol. The Bertz CT molecular complexity index is 1400. The first-order valence-electron chi connectivity index (χ1n) is 9.32. The number of benzene rings is 1. The van der Waals surface area contributed by atoms with E-state index in [1.807, 2.05) is 0 Å². The number of carbonyl (C=O) groups excluding carboxylic acids is 2. The lowest BCUT2D eigenvalue weighted by atomic mass is 10.2. The fourth-order valence-corrected chi connectivity index (χ4v) is 3.84. The zero-order chi connectivity index (χ0) is 24.5. The smallest absolute Gasteiger partial charge is 0.342 e. The van der Waals surface area contributed by atoms with Crippen LogP contribution < -0.4 is 5.73 Å². The molecule has 174 valence electrons. The molecule has 0 radical (unpaired) electrons. The summed E-state index contributed by atoms with van der Waals surface area (Å²) in [5.74, 6) is -1.57. The summed E-state index contributed by atoms with van der Waals surface area (Å²) in [6, 6.07) is 2.84. The van der Waals surface area contributed by atoms with Crippen LogP contribution in [0.4, 0.5) is 11.5 Å². The average molecular weight is 478 g/mol. The van der Waals surface area contributed by atoms with Crippen LogP contribution in [-0.2, 0) is 25.9 Å². The van der Waals surface area contributed by atoms with Crippen molar-refractivity contribution in [2.24, 2.45) is 0 Å². The first-order chi connectivity index (χ1) is 15.4. The molecule has 0 amide bonds. The zero-order valence-electron chi connectivity index (χ0n) is 17.6. The minimum atomic E-state index is -3.88. The highest BCUT2D eigenvalue weighted by atomic mass is 32.2. The molecule has 2 heterocycles. The van der Waals surface area contributed by atoms with Crippen LogP contribution in [-0.4, -0.2) is 48.1 Å². The van der Waals surface area contributed by atoms with Crippen LogP contribution in [0.3, 0.4) is 0 Å². The van der Waals surface area contributed by atoms with Crippen LogP contribution in [0, 0.1) is 17.0 Å². The number of nitrogens with two attached hydrogens (primary N) is 1. The first-order valence-corrected chi connectivity index (χ1v) is 11.2. The van der Waals surface area contributed by atoms with E-state index < -0.39 is 43.9 Å². The molecule has 0 unspecified atom stereocenters. The van der Waals surface area contributed by atoms with Gasteiger partial charge in [0.2, 0.25) is 5.71 Å². The van der Waals surface area contributed by atoms with E-state index in [4.69, 9.17) is 19.6 Å². The van der Waals surface area contributed by atoms with Crippen molar-refractivity contribution in [3.8, 4) is 0 Å². The summed E-state index contributed by atoms with van der Waals surface area (Å²) in [6.45, 7) is 2.84. The third kappa shape index (κ3) is 4.74. The number of carbonyl (C=O) groups is 2. The molecule has 14 heteroatoms. The Morgan fingerprint density at radius 3 is 2.52 bits per heavy atom. The minimum absolute atomic E-state index is 0.0118. The lowest BCUT2D eigenvalue weighted by molar-refractivity contribution is -0.387. The number of nitro benzene ring substituents is 1. The number of furan rings is 1. The molecule has 2 N–H and O–H groups in total. The predicted octanol–water partition coefficient (Wildman–Crippen LogP) is 1.96. The van der Waals surface area contributed by atoms with E-state index in [2.05, 4.69) is 9.97 Å². The molecule has 33 heavy (non-hydrogen) atoms. The summed E-state index contributed by atoms with van der Waals surface area (Å²) in [5.41, 5.74) is 5.01. The van der Waals surface area contributed by atoms with Crippen LogP contribution in [0.2, 0.25) is 0 Å². The van der Waals surface area contributed by atoms with Crippen molar-refractivity contribution in [3.63, 3.8) is 0 Å². The highest BCUT2D eigenvalue weighted by Crippen LogP contribution is 2.29. The molecule has 0 aliphatic heterocycles. The molecule has 3 aromatic rings. The number of hydrogen-bond donors (Lipinski definition) is 1. The topological polar surface area (TPSA) is 195 Å². The van der Waals surface area contributed by atoms with E-state index in [1.54, 1.807) is 6.92 Å². The Labute approximate surface area is 186 Å². The van der Waals surface area contributed by atoms with Gasteiger partial charge in [0.25, 0.3) is 5.69 Å². The largest absolute Gasteiger partial charge is 0.462 e. The maximum Gasteiger partial charge on any atom is 0.342 e. The molecule has 0 saturated heterocycles. The molecule has 2 aromatic heterocycles. The molecule has 3 rings (SSSR count). The standard InChI is InChI=1S/C19H18N4O9S/c1-4-30-19(25)14-9(2)32-17-15(14)16(20)21-13(22-17)8-31-18(24)10-5-6-12(33(3,28)29)11(7-10)23(26)27/h5-7H,4,8H2,1-3H3,(H2,20,21,22). The Balaban J connectivity index is 1.86. The van der Waals surface area contributed by atoms with E-state index in [9.17, 15) is 28.1 Å². The van der Waals surface area contributed by atoms with Crippen molar-refractivity contribution in [1.82, 2.24) is 9.97 Å². The maximum absolute atomic E-state index is 12.4. The van der Waals surface area contributed by atoms with Crippen LogP contribution >= 0.6 is 0 Å². The van der Waals surface area contributed by atoms with Gasteiger partial charge < -0.3 is 19.6 Å². The number of aromatic nitrogens is 2. The van der Waals surface area contributed by atoms with Crippen molar-refractivity contribution in [2.45, 2.75) is 25.3 Å². The summed E-state index contributed by atoms with van der Waals surface area (Å²) in [5, 5.41) is 11.4. The van der Waals surface area contributed by atoms with Gasteiger partial charge in [0, 0.05) is 12.3 Å². The molecule has 0 aliphatic carbocycles. The summed E-state index contributed by atoms with van der Waals surface area (Å²) in [4.78, 5) is 42.4. The molecule has 0 fully saturated rings. The number of aryl methyl sites for hydroxylation is 1. The molecular weight excluding hydrogens is 460 g/mol. The molecular formula is C19H18N4O9S. The number of sulfone groups is 1. The van der Waals surface area contributed by atoms with Crippen molar-refractivity contribution in [1.29, 1.82) is 0 Å². The number of nitrogen functional groups attached to an aromatic ring is 1. The fraction of sp³-hybridized carbons (Fsp3) is 0.263. The number of ether oxygens (including phenoxy) is 2. The number of anilines is 1. The van der Waals surface area contributed by atoms with Gasteiger partial charge in [-0.3, -0.25) is 10.1 Å². The lowest BCUT2D eigenvalue weighted by Crippen LogP contribution is -2.11. The van der Waals surface area contributed by atoms with Gasteiger partial charge in [0.1, 0.15) is 22.0 Å². The van der Waals surface area contributed by atoms with E-state index in [-0.39, 0.29) is 46.2 Å². The van der Waals surface area contributed by atoms with Crippen molar-refractivity contribution >= 4 is 44.4 Å². The van der Waals surface area contributed by atoms with Crippen molar-refractivity contribution < 1.29 is 36.8 Å². The molecule has 13 nitrogen and oxygen atoms in total. The Kier molecular flexibility index (Phi) is 6.30. The Morgan fingerprint density at radius 1 is 1.21 bits per heavy atom. The Hall–Kier alpha value is -4.07. The fourth-order valence-electron chi connectivity index (χ4n) is 3.01. The average Bonchev–Trinajstić information content (AvgIpc) is 3.07. The second-order valence-corrected chi connectivity index (χ2v) is 8.73. The van der Waals surface area contributed by atoms with Gasteiger partial charge in [-0.2, -0.15) is 4.98 Å². The van der Waals surface area contributed by atoms with Crippen LogP contribution in [0.5, 0.6) is 0 Å². The molecule has 0 atom stereocenters. The summed E-state index contributed by atoms with van der Waals surface area (Å²) >= 11 is 0. The zero-order valence-corrected chi connectivity index (χ0v) is 18.5. The molecule has 0 saturated carbocycles. The number of fused-ring (bicyclic) bond motifs is 1. The molecule has 0 spiro atoms. The van der Waals surface area contributed by atoms with Crippen LogP contribution in [0.25, 0.3) is 11.1 Å². The van der Waals surface area contributed by atoms with Crippen molar-refractivity contribution in [2.75, 3.05) is 18.6 Å². The molecule has 0 aliphatic rings. The molecule has 0 bridgehead atoms. The number of hydrogen-bond acceptors (Lipinski definition) is 12. The SMILES string of the molecule is CCOC(=O)c1c(C)oc2nc(COC(=O)c3ccc(S(C)(=O)=O)c([N+](=O)[O-])c3)nc(N)c12. The number of esters is 2. The third-order valence-corrected chi connectivity index (χ3v) is 5.55. The van der Waals surface area contributed by atoms with Gasteiger partial charge in [-0.15, -0.1) is 0 Å². The Morgan fingerprint density at radius 2 is 1.91 bits per heavy atom. The summed E-state index contributed by atoms with van der Waals surface area (Å²) < 4.78 is 38.9. The second kappa shape index (κ2) is 8.82. The second-order valence-electron chi connectivity index (χ2n) is 6.75. The minimum Gasteiger partial charge on any atom is -0.462 e. The van der Waals surface area contributed by atoms with E-state index in [0.29, 0.717) is 0 Å². The quantitative estimate of drug-likeness (QED) is 0.295. The van der Waals surface area contributed by atoms with Crippen molar-refractivity contribution in [3.05, 3.63) is 51.0 Å². The van der Waals surface area contributed by atoms with Gasteiger partial charge in [-0.25, -0.2) is 23.0 Å². The number of rotatable bonds is 7. The van der Waals surface area contributed by atoms with Crippen LogP contribution in [0.15, 0.2) is 27.5 Å². The summed E-state index contributed by atoms with van der Waals surface area (Å²) in [7, 11) is -3.88. The van der Waals surface area contributed by atoms with Gasteiger partial charge in [-0.1, -0.05) is 0 Å². The predicted molar refractivity (Wildman–Crippen MR) is 112 cm³/mol. The van der Waals surface area contributed by atoms with E-state index in [0.717, 1.165) is 24.5 Å². The van der Waals surface area contributed by atoms with Gasteiger partial charge in [-0.05, 0) is 26.0 Å². The molecule has 1 aromatic carbocycles. The van der Waals surface area contributed by atoms with E-state index in [1.165, 1.54) is 6.92 Å². The van der Waals surface area contributed by atoms with Crippen LogP contribution in [0.1, 0.15) is 39.2 Å². The maximum atomic E-state index is 12.4. The van der Waals surface area contributed by atoms with Gasteiger partial charge >= 0.3 is 11.9 Å². The lowest BCUT2D eigenvalue weighted by Gasteiger charge is -2.07. The first kappa shape index (κ1) is 23.6. The highest BCUT2D eigenvalue weighted by Gasteiger charge is 2.26. The summed E-state index contributed by atoms with van der Waals surface area (Å²) in [6.07, 6.45) is 0.814. The normalized spacial score (nSPS) is 11.4. The van der Waals surface area contributed by atoms with Gasteiger partial charge in [0.05, 0.1) is 22.5 Å². The van der Waals surface area contributed by atoms with E-state index >= 15 is 0 Å². The van der Waals surface area contributed by atoms with Gasteiger partial charge in [0.15, 0.2) is 22.3 Å². The number of nitrogens with zero attached hydrogens (tertiary/aromatic N) is 3. The number of nitro groups is 1. The highest BCUT2D eigenvalue weighted by molar-refractivity contribution is 7.90.